The smallest absolute Gasteiger partial charge is 0.310 e. The molecule has 2 atom stereocenters. The minimum Gasteiger partial charge on any atom is -0.469 e. The van der Waals surface area contributed by atoms with Crippen molar-refractivity contribution >= 4 is 5.97 Å². The van der Waals surface area contributed by atoms with Crippen LogP contribution in [-0.2, 0) is 16.1 Å². The van der Waals surface area contributed by atoms with Gasteiger partial charge >= 0.3 is 5.97 Å². The average molecular weight is 345 g/mol. The van der Waals surface area contributed by atoms with E-state index in [1.54, 1.807) is 18.2 Å². The van der Waals surface area contributed by atoms with E-state index in [2.05, 4.69) is 17.0 Å². The molecular formula is C21H19N3O2. The molecule has 0 aromatic heterocycles. The molecule has 0 amide bonds. The van der Waals surface area contributed by atoms with Gasteiger partial charge in [-0.05, 0) is 35.4 Å². The maximum Gasteiger partial charge on any atom is 0.310 e. The van der Waals surface area contributed by atoms with E-state index in [1.807, 2.05) is 30.3 Å². The molecule has 0 aliphatic carbocycles. The Balaban J connectivity index is 1.81. The number of likely N-dealkylation sites (tertiary alicyclic amines) is 1. The average Bonchev–Trinajstić information content (AvgIpc) is 3.11. The summed E-state index contributed by atoms with van der Waals surface area (Å²) in [6.45, 7) is 2.02. The van der Waals surface area contributed by atoms with Gasteiger partial charge in [-0.25, -0.2) is 0 Å². The molecule has 3 rings (SSSR count). The van der Waals surface area contributed by atoms with E-state index in [-0.39, 0.29) is 17.8 Å². The van der Waals surface area contributed by atoms with Crippen LogP contribution in [0.3, 0.4) is 0 Å². The highest BCUT2D eigenvalue weighted by Gasteiger charge is 2.39. The number of nitrogens with zero attached hydrogens (tertiary/aromatic N) is 3. The fourth-order valence-electron chi connectivity index (χ4n) is 3.52. The highest BCUT2D eigenvalue weighted by Crippen LogP contribution is 2.34. The van der Waals surface area contributed by atoms with E-state index in [9.17, 15) is 4.79 Å². The standard InChI is InChI=1S/C21H19N3O2/c1-26-21(25)20-14-24(12-16-7-5-15(10-22)6-8-16)13-19(20)18-4-2-3-17(9-18)11-23/h2-9,19-20H,12-14H2,1H3/t19-,20+/m1/s1. The molecule has 1 heterocycles. The largest absolute Gasteiger partial charge is 0.469 e. The van der Waals surface area contributed by atoms with Crippen molar-refractivity contribution in [2.75, 3.05) is 20.2 Å². The van der Waals surface area contributed by atoms with Gasteiger partial charge in [-0.2, -0.15) is 10.5 Å². The second kappa shape index (κ2) is 7.82. The van der Waals surface area contributed by atoms with Crippen LogP contribution in [-0.4, -0.2) is 31.1 Å². The molecule has 1 aliphatic rings. The molecule has 2 aromatic carbocycles. The molecule has 0 bridgehead atoms. The summed E-state index contributed by atoms with van der Waals surface area (Å²) in [5.41, 5.74) is 3.31. The third-order valence-electron chi connectivity index (χ3n) is 4.83. The summed E-state index contributed by atoms with van der Waals surface area (Å²) in [4.78, 5) is 14.5. The van der Waals surface area contributed by atoms with Crippen LogP contribution in [0.5, 0.6) is 0 Å². The summed E-state index contributed by atoms with van der Waals surface area (Å²) in [7, 11) is 1.41. The number of rotatable bonds is 4. The molecule has 1 saturated heterocycles. The van der Waals surface area contributed by atoms with E-state index in [4.69, 9.17) is 15.3 Å². The van der Waals surface area contributed by atoms with E-state index in [1.165, 1.54) is 7.11 Å². The van der Waals surface area contributed by atoms with Crippen LogP contribution in [0.1, 0.15) is 28.2 Å². The first-order chi connectivity index (χ1) is 12.6. The van der Waals surface area contributed by atoms with E-state index in [0.717, 1.165) is 11.1 Å². The van der Waals surface area contributed by atoms with Gasteiger partial charge < -0.3 is 4.74 Å². The summed E-state index contributed by atoms with van der Waals surface area (Å²) >= 11 is 0. The summed E-state index contributed by atoms with van der Waals surface area (Å²) in [6, 6.07) is 19.2. The Morgan fingerprint density at radius 2 is 1.85 bits per heavy atom. The maximum atomic E-state index is 12.3. The molecule has 0 saturated carbocycles. The number of benzene rings is 2. The molecule has 0 spiro atoms. The summed E-state index contributed by atoms with van der Waals surface area (Å²) in [6.07, 6.45) is 0. The van der Waals surface area contributed by atoms with E-state index >= 15 is 0 Å². The molecule has 26 heavy (non-hydrogen) atoms. The topological polar surface area (TPSA) is 77.1 Å². The number of hydrogen-bond donors (Lipinski definition) is 0. The Labute approximate surface area is 153 Å². The zero-order valence-electron chi connectivity index (χ0n) is 14.6. The van der Waals surface area contributed by atoms with Gasteiger partial charge in [0.25, 0.3) is 0 Å². The molecule has 1 fully saturated rings. The first kappa shape index (κ1) is 17.7. The minimum atomic E-state index is -0.257. The normalized spacial score (nSPS) is 19.5. The monoisotopic (exact) mass is 345 g/mol. The van der Waals surface area contributed by atoms with Crippen molar-refractivity contribution in [1.82, 2.24) is 4.90 Å². The summed E-state index contributed by atoms with van der Waals surface area (Å²) < 4.78 is 5.00. The third kappa shape index (κ3) is 3.74. The lowest BCUT2D eigenvalue weighted by Gasteiger charge is -2.17. The number of esters is 1. The molecule has 0 N–H and O–H groups in total. The minimum absolute atomic E-state index is 0.00543. The SMILES string of the molecule is COC(=O)[C@H]1CN(Cc2ccc(C#N)cc2)C[C@@H]1c1cccc(C#N)c1. The van der Waals surface area contributed by atoms with Gasteiger partial charge in [0.1, 0.15) is 0 Å². The molecule has 5 nitrogen and oxygen atoms in total. The predicted molar refractivity (Wildman–Crippen MR) is 95.8 cm³/mol. The number of nitriles is 2. The van der Waals surface area contributed by atoms with Gasteiger partial charge in [-0.1, -0.05) is 24.3 Å². The van der Waals surface area contributed by atoms with Crippen molar-refractivity contribution in [3.63, 3.8) is 0 Å². The highest BCUT2D eigenvalue weighted by atomic mass is 16.5. The number of methoxy groups -OCH3 is 1. The van der Waals surface area contributed by atoms with Crippen LogP contribution in [0.2, 0.25) is 0 Å². The first-order valence-electron chi connectivity index (χ1n) is 8.44. The van der Waals surface area contributed by atoms with Crippen LogP contribution in [0, 0.1) is 28.6 Å². The predicted octanol–water partition coefficient (Wildman–Crippen LogP) is 2.82. The molecule has 0 unspecified atom stereocenters. The van der Waals surface area contributed by atoms with Crippen LogP contribution in [0.15, 0.2) is 48.5 Å². The van der Waals surface area contributed by atoms with Crippen molar-refractivity contribution in [3.05, 3.63) is 70.8 Å². The lowest BCUT2D eigenvalue weighted by Crippen LogP contribution is -2.24. The van der Waals surface area contributed by atoms with Crippen molar-refractivity contribution in [2.24, 2.45) is 5.92 Å². The summed E-state index contributed by atoms with van der Waals surface area (Å²) in [5.74, 6) is -0.485. The molecule has 1 aliphatic heterocycles. The Bertz CT molecular complexity index is 877. The van der Waals surface area contributed by atoms with Gasteiger partial charge in [-0.15, -0.1) is 0 Å². The fourth-order valence-corrected chi connectivity index (χ4v) is 3.52. The second-order valence-electron chi connectivity index (χ2n) is 6.48. The van der Waals surface area contributed by atoms with Crippen LogP contribution < -0.4 is 0 Å². The van der Waals surface area contributed by atoms with Crippen LogP contribution >= 0.6 is 0 Å². The molecule has 5 heteroatoms. The zero-order chi connectivity index (χ0) is 18.5. The Morgan fingerprint density at radius 3 is 2.50 bits per heavy atom. The molecular weight excluding hydrogens is 326 g/mol. The Hall–Kier alpha value is -3.15. The van der Waals surface area contributed by atoms with E-state index in [0.29, 0.717) is 30.8 Å². The quantitative estimate of drug-likeness (QED) is 0.796. The Kier molecular flexibility index (Phi) is 5.31. The fraction of sp³-hybridized carbons (Fsp3) is 0.286. The number of ether oxygens (including phenoxy) is 1. The Morgan fingerprint density at radius 1 is 1.12 bits per heavy atom. The third-order valence-corrected chi connectivity index (χ3v) is 4.83. The number of carbonyl (C=O) groups is 1. The van der Waals surface area contributed by atoms with Gasteiger partial charge in [0.05, 0.1) is 36.3 Å². The van der Waals surface area contributed by atoms with Crippen molar-refractivity contribution in [2.45, 2.75) is 12.5 Å². The van der Waals surface area contributed by atoms with E-state index < -0.39 is 0 Å². The first-order valence-corrected chi connectivity index (χ1v) is 8.44. The second-order valence-corrected chi connectivity index (χ2v) is 6.48. The van der Waals surface area contributed by atoms with Gasteiger partial charge in [0, 0.05) is 25.6 Å². The maximum absolute atomic E-state index is 12.3. The number of hydrogen-bond acceptors (Lipinski definition) is 5. The molecule has 2 aromatic rings. The van der Waals surface area contributed by atoms with Crippen LogP contribution in [0.4, 0.5) is 0 Å². The lowest BCUT2D eigenvalue weighted by atomic mass is 9.88. The molecule has 0 radical (unpaired) electrons. The van der Waals surface area contributed by atoms with Crippen molar-refractivity contribution in [3.8, 4) is 12.1 Å². The zero-order valence-corrected chi connectivity index (χ0v) is 14.6. The highest BCUT2D eigenvalue weighted by molar-refractivity contribution is 5.74. The van der Waals surface area contributed by atoms with Gasteiger partial charge in [0.2, 0.25) is 0 Å². The van der Waals surface area contributed by atoms with Crippen molar-refractivity contribution < 1.29 is 9.53 Å². The van der Waals surface area contributed by atoms with Gasteiger partial charge in [-0.3, -0.25) is 9.69 Å². The van der Waals surface area contributed by atoms with Gasteiger partial charge in [0.15, 0.2) is 0 Å². The van der Waals surface area contributed by atoms with Crippen molar-refractivity contribution in [1.29, 1.82) is 10.5 Å². The summed E-state index contributed by atoms with van der Waals surface area (Å²) in [5, 5.41) is 18.0. The lowest BCUT2D eigenvalue weighted by molar-refractivity contribution is -0.145. The van der Waals surface area contributed by atoms with Crippen LogP contribution in [0.25, 0.3) is 0 Å². The molecule has 130 valence electrons. The number of carbonyl (C=O) groups excluding carboxylic acids is 1.